The Labute approximate surface area is 114 Å². The molecule has 0 spiro atoms. The minimum absolute atomic E-state index is 0.0291. The summed E-state index contributed by atoms with van der Waals surface area (Å²) >= 11 is 0. The van der Waals surface area contributed by atoms with Crippen LogP contribution in [0.25, 0.3) is 0 Å². The zero-order chi connectivity index (χ0) is 14.0. The number of rotatable bonds is 2. The van der Waals surface area contributed by atoms with E-state index in [4.69, 9.17) is 5.73 Å². The molecule has 19 heavy (non-hydrogen) atoms. The Bertz CT molecular complexity index is 594. The number of ketones is 1. The maximum Gasteiger partial charge on any atom is 0.195 e. The predicted octanol–water partition coefficient (Wildman–Crippen LogP) is 3.80. The average molecular weight is 253 g/mol. The third-order valence-electron chi connectivity index (χ3n) is 3.20. The van der Waals surface area contributed by atoms with Crippen LogP contribution in [0.4, 0.5) is 5.69 Å². The zero-order valence-corrected chi connectivity index (χ0v) is 11.6. The minimum atomic E-state index is -0.0291. The van der Waals surface area contributed by atoms with Crippen LogP contribution in [0.1, 0.15) is 42.3 Å². The van der Waals surface area contributed by atoms with E-state index < -0.39 is 0 Å². The Kier molecular flexibility index (Phi) is 3.43. The van der Waals surface area contributed by atoms with Gasteiger partial charge in [0.1, 0.15) is 0 Å². The number of nitrogens with two attached hydrogens (primary N) is 1. The van der Waals surface area contributed by atoms with E-state index in [0.29, 0.717) is 16.8 Å². The molecular formula is C17H19NO. The first-order valence-corrected chi connectivity index (χ1v) is 6.39. The maximum atomic E-state index is 12.3. The second kappa shape index (κ2) is 4.88. The molecule has 0 aliphatic rings. The van der Waals surface area contributed by atoms with Crippen molar-refractivity contribution in [2.24, 2.45) is 0 Å². The van der Waals surface area contributed by atoms with Crippen molar-refractivity contribution in [3.05, 3.63) is 65.2 Å². The smallest absolute Gasteiger partial charge is 0.195 e. The molecule has 0 saturated heterocycles. The molecule has 98 valence electrons. The van der Waals surface area contributed by atoms with E-state index >= 15 is 0 Å². The summed E-state index contributed by atoms with van der Waals surface area (Å²) in [5.74, 6) is -0.0291. The quantitative estimate of drug-likeness (QED) is 0.653. The molecule has 0 saturated carbocycles. The first-order chi connectivity index (χ1) is 8.89. The molecular weight excluding hydrogens is 234 g/mol. The van der Waals surface area contributed by atoms with E-state index in [1.807, 2.05) is 36.4 Å². The van der Waals surface area contributed by atoms with Crippen LogP contribution in [0.5, 0.6) is 0 Å². The van der Waals surface area contributed by atoms with Crippen molar-refractivity contribution in [1.29, 1.82) is 0 Å². The third kappa shape index (κ3) is 2.84. The molecule has 2 heteroatoms. The van der Waals surface area contributed by atoms with Gasteiger partial charge in [0.05, 0.1) is 0 Å². The summed E-state index contributed by atoms with van der Waals surface area (Å²) in [6.07, 6.45) is 0. The van der Waals surface area contributed by atoms with E-state index in [-0.39, 0.29) is 11.2 Å². The molecule has 2 nitrogen and oxygen atoms in total. The Hall–Kier alpha value is -2.09. The van der Waals surface area contributed by atoms with Gasteiger partial charge in [0.15, 0.2) is 5.78 Å². The average Bonchev–Trinajstić information content (AvgIpc) is 2.38. The normalized spacial score (nSPS) is 11.3. The highest BCUT2D eigenvalue weighted by Gasteiger charge is 2.17. The molecule has 0 amide bonds. The largest absolute Gasteiger partial charge is 0.398 e. The second-order valence-electron chi connectivity index (χ2n) is 5.75. The Balaban J connectivity index is 2.40. The molecule has 2 rings (SSSR count). The van der Waals surface area contributed by atoms with E-state index in [0.717, 1.165) is 5.56 Å². The van der Waals surface area contributed by atoms with Crippen LogP contribution < -0.4 is 5.73 Å². The molecule has 0 heterocycles. The van der Waals surface area contributed by atoms with E-state index in [2.05, 4.69) is 20.8 Å². The van der Waals surface area contributed by atoms with Crippen molar-refractivity contribution in [2.75, 3.05) is 5.73 Å². The highest BCUT2D eigenvalue weighted by atomic mass is 16.1. The highest BCUT2D eigenvalue weighted by Crippen LogP contribution is 2.26. The summed E-state index contributed by atoms with van der Waals surface area (Å²) in [5.41, 5.74) is 8.98. The van der Waals surface area contributed by atoms with Gasteiger partial charge in [-0.05, 0) is 23.1 Å². The van der Waals surface area contributed by atoms with Gasteiger partial charge in [0.25, 0.3) is 0 Å². The van der Waals surface area contributed by atoms with Gasteiger partial charge in [0, 0.05) is 16.8 Å². The summed E-state index contributed by atoms with van der Waals surface area (Å²) in [7, 11) is 0. The van der Waals surface area contributed by atoms with Gasteiger partial charge in [0.2, 0.25) is 0 Å². The number of carbonyl (C=O) groups is 1. The first-order valence-electron chi connectivity index (χ1n) is 6.39. The van der Waals surface area contributed by atoms with Crippen LogP contribution in [0.2, 0.25) is 0 Å². The zero-order valence-electron chi connectivity index (χ0n) is 11.6. The molecule has 0 radical (unpaired) electrons. The second-order valence-corrected chi connectivity index (χ2v) is 5.75. The number of benzene rings is 2. The van der Waals surface area contributed by atoms with E-state index in [1.54, 1.807) is 12.1 Å². The number of hydrogen-bond acceptors (Lipinski definition) is 2. The lowest BCUT2D eigenvalue weighted by molar-refractivity contribution is 0.103. The summed E-state index contributed by atoms with van der Waals surface area (Å²) in [6, 6.07) is 14.9. The summed E-state index contributed by atoms with van der Waals surface area (Å²) in [4.78, 5) is 12.3. The lowest BCUT2D eigenvalue weighted by atomic mass is 9.85. The van der Waals surface area contributed by atoms with E-state index in [1.165, 1.54) is 0 Å². The van der Waals surface area contributed by atoms with Crippen LogP contribution in [-0.2, 0) is 5.41 Å². The monoisotopic (exact) mass is 253 g/mol. The minimum Gasteiger partial charge on any atom is -0.398 e. The first kappa shape index (κ1) is 13.3. The molecule has 0 bridgehead atoms. The SMILES string of the molecule is CC(C)(C)c1ccc(C(=O)c2ccccc2)c(N)c1. The van der Waals surface area contributed by atoms with Gasteiger partial charge in [-0.1, -0.05) is 57.2 Å². The predicted molar refractivity (Wildman–Crippen MR) is 79.4 cm³/mol. The fraction of sp³-hybridized carbons (Fsp3) is 0.235. The maximum absolute atomic E-state index is 12.3. The lowest BCUT2D eigenvalue weighted by Crippen LogP contribution is -2.13. The molecule has 2 aromatic rings. The molecule has 0 unspecified atom stereocenters. The topological polar surface area (TPSA) is 43.1 Å². The molecule has 0 fully saturated rings. The Morgan fingerprint density at radius 3 is 2.16 bits per heavy atom. The molecule has 2 aromatic carbocycles. The van der Waals surface area contributed by atoms with Crippen LogP contribution in [0, 0.1) is 0 Å². The number of hydrogen-bond donors (Lipinski definition) is 1. The lowest BCUT2D eigenvalue weighted by Gasteiger charge is -2.20. The van der Waals surface area contributed by atoms with Gasteiger partial charge in [-0.3, -0.25) is 4.79 Å². The van der Waals surface area contributed by atoms with Gasteiger partial charge in [-0.25, -0.2) is 0 Å². The standard InChI is InChI=1S/C17H19NO/c1-17(2,3)13-9-10-14(15(18)11-13)16(19)12-7-5-4-6-8-12/h4-11H,18H2,1-3H3. The highest BCUT2D eigenvalue weighted by molar-refractivity contribution is 6.12. The van der Waals surface area contributed by atoms with Gasteiger partial charge < -0.3 is 5.73 Å². The van der Waals surface area contributed by atoms with Crippen LogP contribution in [0.15, 0.2) is 48.5 Å². The number of nitrogen functional groups attached to an aromatic ring is 1. The fourth-order valence-electron chi connectivity index (χ4n) is 1.98. The van der Waals surface area contributed by atoms with Crippen LogP contribution in [-0.4, -0.2) is 5.78 Å². The van der Waals surface area contributed by atoms with Crippen LogP contribution in [0.3, 0.4) is 0 Å². The van der Waals surface area contributed by atoms with E-state index in [9.17, 15) is 4.79 Å². The summed E-state index contributed by atoms with van der Waals surface area (Å²) < 4.78 is 0. The summed E-state index contributed by atoms with van der Waals surface area (Å²) in [5, 5.41) is 0. The van der Waals surface area contributed by atoms with Gasteiger partial charge in [-0.15, -0.1) is 0 Å². The van der Waals surface area contributed by atoms with Crippen molar-refractivity contribution in [3.8, 4) is 0 Å². The fourth-order valence-corrected chi connectivity index (χ4v) is 1.98. The molecule has 2 N–H and O–H groups in total. The van der Waals surface area contributed by atoms with Crippen molar-refractivity contribution < 1.29 is 4.79 Å². The van der Waals surface area contributed by atoms with Gasteiger partial charge in [-0.2, -0.15) is 0 Å². The molecule has 0 atom stereocenters. The Morgan fingerprint density at radius 1 is 1.00 bits per heavy atom. The molecule has 0 aliphatic heterocycles. The summed E-state index contributed by atoms with van der Waals surface area (Å²) in [6.45, 7) is 6.38. The van der Waals surface area contributed by atoms with Gasteiger partial charge >= 0.3 is 0 Å². The Morgan fingerprint density at radius 2 is 1.63 bits per heavy atom. The van der Waals surface area contributed by atoms with Crippen LogP contribution >= 0.6 is 0 Å². The van der Waals surface area contributed by atoms with Crippen molar-refractivity contribution in [1.82, 2.24) is 0 Å². The molecule has 0 aromatic heterocycles. The van der Waals surface area contributed by atoms with Crippen molar-refractivity contribution in [3.63, 3.8) is 0 Å². The van der Waals surface area contributed by atoms with Crippen molar-refractivity contribution in [2.45, 2.75) is 26.2 Å². The van der Waals surface area contributed by atoms with Crippen molar-refractivity contribution >= 4 is 11.5 Å². The number of anilines is 1. The third-order valence-corrected chi connectivity index (χ3v) is 3.20. The molecule has 0 aliphatic carbocycles. The number of carbonyl (C=O) groups excluding carboxylic acids is 1.